The van der Waals surface area contributed by atoms with Crippen LogP contribution >= 0.6 is 0 Å². The van der Waals surface area contributed by atoms with Crippen molar-refractivity contribution in [3.8, 4) is 6.01 Å². The lowest BCUT2D eigenvalue weighted by molar-refractivity contribution is 0.0317. The zero-order valence-electron chi connectivity index (χ0n) is 19.3. The van der Waals surface area contributed by atoms with Gasteiger partial charge in [-0.05, 0) is 37.1 Å². The summed E-state index contributed by atoms with van der Waals surface area (Å²) in [5, 5.41) is 5.68. The number of carbonyl (C=O) groups is 1. The fourth-order valence-electron chi connectivity index (χ4n) is 3.68. The van der Waals surface area contributed by atoms with Gasteiger partial charge in [0.1, 0.15) is 18.2 Å². The standard InChI is InChI=1S/C23H32N6O4/c1-17-3-4-19(15-18(17)2)24-22(30)25-20-16-21(29-8-12-32-13-9-29)27-23(26-20)33-14-7-28-5-10-31-11-6-28/h3-4,15-16H,5-14H2,1-2H3,(H2,24,25,26,27,30). The predicted octanol–water partition coefficient (Wildman–Crippen LogP) is 2.29. The second-order valence-corrected chi connectivity index (χ2v) is 8.17. The van der Waals surface area contributed by atoms with Crippen molar-refractivity contribution in [2.45, 2.75) is 13.8 Å². The minimum Gasteiger partial charge on any atom is -0.462 e. The molecule has 4 rings (SSSR count). The highest BCUT2D eigenvalue weighted by Crippen LogP contribution is 2.21. The summed E-state index contributed by atoms with van der Waals surface area (Å²) in [6.45, 7) is 11.3. The van der Waals surface area contributed by atoms with Gasteiger partial charge in [0.25, 0.3) is 0 Å². The first-order valence-corrected chi connectivity index (χ1v) is 11.4. The molecule has 2 saturated heterocycles. The molecular formula is C23H32N6O4. The third kappa shape index (κ3) is 6.77. The number of anilines is 3. The number of urea groups is 1. The Balaban J connectivity index is 1.43. The van der Waals surface area contributed by atoms with E-state index >= 15 is 0 Å². The molecule has 1 aromatic carbocycles. The first-order valence-electron chi connectivity index (χ1n) is 11.4. The van der Waals surface area contributed by atoms with Gasteiger partial charge in [-0.3, -0.25) is 10.2 Å². The number of benzene rings is 1. The van der Waals surface area contributed by atoms with Crippen molar-refractivity contribution >= 4 is 23.4 Å². The van der Waals surface area contributed by atoms with Crippen LogP contribution in [-0.4, -0.2) is 86.7 Å². The third-order valence-corrected chi connectivity index (χ3v) is 5.78. The number of ether oxygens (including phenoxy) is 3. The average molecular weight is 457 g/mol. The van der Waals surface area contributed by atoms with E-state index in [1.165, 1.54) is 5.56 Å². The number of aromatic nitrogens is 2. The van der Waals surface area contributed by atoms with Crippen LogP contribution in [0.2, 0.25) is 0 Å². The third-order valence-electron chi connectivity index (χ3n) is 5.78. The van der Waals surface area contributed by atoms with Gasteiger partial charge in [0.15, 0.2) is 0 Å². The Morgan fingerprint density at radius 1 is 0.970 bits per heavy atom. The largest absolute Gasteiger partial charge is 0.462 e. The van der Waals surface area contributed by atoms with Crippen LogP contribution in [0.25, 0.3) is 0 Å². The van der Waals surface area contributed by atoms with Gasteiger partial charge in [0.2, 0.25) is 0 Å². The van der Waals surface area contributed by atoms with E-state index in [1.807, 2.05) is 32.0 Å². The maximum absolute atomic E-state index is 12.6. The molecular weight excluding hydrogens is 424 g/mol. The van der Waals surface area contributed by atoms with Crippen LogP contribution in [0.15, 0.2) is 24.3 Å². The number of hydrogen-bond acceptors (Lipinski definition) is 8. The molecule has 0 bridgehead atoms. The van der Waals surface area contributed by atoms with Crippen molar-refractivity contribution < 1.29 is 19.0 Å². The summed E-state index contributed by atoms with van der Waals surface area (Å²) >= 11 is 0. The summed E-state index contributed by atoms with van der Waals surface area (Å²) in [5.41, 5.74) is 3.01. The molecule has 2 N–H and O–H groups in total. The minimum absolute atomic E-state index is 0.244. The summed E-state index contributed by atoms with van der Waals surface area (Å²) < 4.78 is 16.7. The number of nitrogens with zero attached hydrogens (tertiary/aromatic N) is 4. The Bertz CT molecular complexity index is 945. The molecule has 0 spiro atoms. The Hall–Kier alpha value is -2.95. The molecule has 1 aromatic heterocycles. The maximum Gasteiger partial charge on any atom is 0.324 e. The first kappa shape index (κ1) is 23.2. The number of carbonyl (C=O) groups excluding carboxylic acids is 1. The highest BCUT2D eigenvalue weighted by Gasteiger charge is 2.17. The molecule has 2 aliphatic rings. The molecule has 0 unspecified atom stereocenters. The molecule has 3 heterocycles. The predicted molar refractivity (Wildman–Crippen MR) is 126 cm³/mol. The summed E-state index contributed by atoms with van der Waals surface area (Å²) in [5.74, 6) is 1.09. The van der Waals surface area contributed by atoms with Crippen molar-refractivity contribution in [1.29, 1.82) is 0 Å². The molecule has 0 atom stereocenters. The van der Waals surface area contributed by atoms with E-state index in [-0.39, 0.29) is 12.0 Å². The number of aryl methyl sites for hydroxylation is 2. The maximum atomic E-state index is 12.6. The molecule has 0 saturated carbocycles. The van der Waals surface area contributed by atoms with Gasteiger partial charge in [-0.15, -0.1) is 0 Å². The van der Waals surface area contributed by atoms with E-state index in [9.17, 15) is 4.79 Å². The molecule has 33 heavy (non-hydrogen) atoms. The molecule has 0 radical (unpaired) electrons. The lowest BCUT2D eigenvalue weighted by atomic mass is 10.1. The second kappa shape index (κ2) is 11.3. The van der Waals surface area contributed by atoms with E-state index in [2.05, 4.69) is 30.4 Å². The van der Waals surface area contributed by atoms with Crippen LogP contribution in [0, 0.1) is 13.8 Å². The topological polar surface area (TPSA) is 101 Å². The summed E-state index contributed by atoms with van der Waals surface area (Å²) in [7, 11) is 0. The normalized spacial score (nSPS) is 17.0. The fourth-order valence-corrected chi connectivity index (χ4v) is 3.68. The van der Waals surface area contributed by atoms with Crippen LogP contribution in [-0.2, 0) is 9.47 Å². The number of morpholine rings is 2. The van der Waals surface area contributed by atoms with Crippen LogP contribution in [0.3, 0.4) is 0 Å². The van der Waals surface area contributed by atoms with Crippen molar-refractivity contribution in [3.05, 3.63) is 35.4 Å². The van der Waals surface area contributed by atoms with Gasteiger partial charge in [-0.2, -0.15) is 9.97 Å². The lowest BCUT2D eigenvalue weighted by Crippen LogP contribution is -2.39. The zero-order chi connectivity index (χ0) is 23.0. The van der Waals surface area contributed by atoms with Gasteiger partial charge in [-0.1, -0.05) is 6.07 Å². The van der Waals surface area contributed by atoms with E-state index in [0.717, 1.165) is 57.2 Å². The highest BCUT2D eigenvalue weighted by molar-refractivity contribution is 5.99. The zero-order valence-corrected chi connectivity index (χ0v) is 19.3. The molecule has 2 aromatic rings. The van der Waals surface area contributed by atoms with Gasteiger partial charge in [0.05, 0.1) is 26.4 Å². The molecule has 10 heteroatoms. The monoisotopic (exact) mass is 456 g/mol. The van der Waals surface area contributed by atoms with Gasteiger partial charge in [0, 0.05) is 44.5 Å². The Labute approximate surface area is 194 Å². The highest BCUT2D eigenvalue weighted by atomic mass is 16.5. The van der Waals surface area contributed by atoms with Crippen LogP contribution in [0.5, 0.6) is 6.01 Å². The number of hydrogen-bond donors (Lipinski definition) is 2. The van der Waals surface area contributed by atoms with E-state index in [0.29, 0.717) is 31.5 Å². The number of rotatable bonds is 7. The Morgan fingerprint density at radius 3 is 2.42 bits per heavy atom. The van der Waals surface area contributed by atoms with Gasteiger partial charge < -0.3 is 24.4 Å². The van der Waals surface area contributed by atoms with Crippen molar-refractivity contribution in [2.75, 3.05) is 81.3 Å². The lowest BCUT2D eigenvalue weighted by Gasteiger charge is -2.28. The Kier molecular flexibility index (Phi) is 7.92. The summed E-state index contributed by atoms with van der Waals surface area (Å²) in [6.07, 6.45) is 0. The molecule has 178 valence electrons. The van der Waals surface area contributed by atoms with Crippen molar-refractivity contribution in [2.24, 2.45) is 0 Å². The van der Waals surface area contributed by atoms with Gasteiger partial charge >= 0.3 is 12.0 Å². The Morgan fingerprint density at radius 2 is 1.70 bits per heavy atom. The summed E-state index contributed by atoms with van der Waals surface area (Å²) in [6, 6.07) is 7.43. The van der Waals surface area contributed by atoms with Gasteiger partial charge in [-0.25, -0.2) is 4.79 Å². The van der Waals surface area contributed by atoms with Crippen molar-refractivity contribution in [1.82, 2.24) is 14.9 Å². The van der Waals surface area contributed by atoms with Crippen molar-refractivity contribution in [3.63, 3.8) is 0 Å². The molecule has 2 aliphatic heterocycles. The quantitative estimate of drug-likeness (QED) is 0.655. The summed E-state index contributed by atoms with van der Waals surface area (Å²) in [4.78, 5) is 26.0. The second-order valence-electron chi connectivity index (χ2n) is 8.17. The first-order chi connectivity index (χ1) is 16.1. The molecule has 10 nitrogen and oxygen atoms in total. The van der Waals surface area contributed by atoms with Crippen LogP contribution < -0.4 is 20.3 Å². The molecule has 2 fully saturated rings. The average Bonchev–Trinajstić information content (AvgIpc) is 2.82. The SMILES string of the molecule is Cc1ccc(NC(=O)Nc2cc(N3CCOCC3)nc(OCCN3CCOCC3)n2)cc1C. The van der Waals surface area contributed by atoms with E-state index < -0.39 is 0 Å². The molecule has 0 aliphatic carbocycles. The number of amides is 2. The number of nitrogens with one attached hydrogen (secondary N) is 2. The minimum atomic E-state index is -0.371. The van der Waals surface area contributed by atoms with E-state index in [4.69, 9.17) is 14.2 Å². The fraction of sp³-hybridized carbons (Fsp3) is 0.522. The molecule has 2 amide bonds. The van der Waals surface area contributed by atoms with Crippen LogP contribution in [0.1, 0.15) is 11.1 Å². The smallest absolute Gasteiger partial charge is 0.324 e. The van der Waals surface area contributed by atoms with E-state index in [1.54, 1.807) is 6.07 Å². The van der Waals surface area contributed by atoms with Crippen LogP contribution in [0.4, 0.5) is 22.1 Å².